The van der Waals surface area contributed by atoms with E-state index in [9.17, 15) is 9.59 Å². The second kappa shape index (κ2) is 8.58. The van der Waals surface area contributed by atoms with Crippen LogP contribution in [0.1, 0.15) is 29.5 Å². The molecular formula is C28H27N3O2. The fourth-order valence-electron chi connectivity index (χ4n) is 4.55. The molecule has 0 aliphatic carbocycles. The smallest absolute Gasteiger partial charge is 0.282 e. The number of anilines is 3. The Morgan fingerprint density at radius 1 is 0.758 bits per heavy atom. The zero-order valence-electron chi connectivity index (χ0n) is 19.0. The Labute approximate surface area is 194 Å². The zero-order chi connectivity index (χ0) is 22.9. The third-order valence-electron chi connectivity index (χ3n) is 6.38. The lowest BCUT2D eigenvalue weighted by molar-refractivity contribution is -0.120. The molecule has 3 aromatic rings. The van der Waals surface area contributed by atoms with E-state index in [4.69, 9.17) is 0 Å². The number of imide groups is 1. The van der Waals surface area contributed by atoms with Crippen molar-refractivity contribution < 1.29 is 9.59 Å². The fourth-order valence-corrected chi connectivity index (χ4v) is 4.55. The minimum Gasteiger partial charge on any atom is -0.372 e. The normalized spacial score (nSPS) is 16.2. The molecule has 1 saturated heterocycles. The number of nitrogens with zero attached hydrogens (tertiary/aromatic N) is 2. The molecule has 33 heavy (non-hydrogen) atoms. The Hall–Kier alpha value is -3.86. The predicted octanol–water partition coefficient (Wildman–Crippen LogP) is 5.30. The van der Waals surface area contributed by atoms with Gasteiger partial charge in [-0.3, -0.25) is 9.59 Å². The highest BCUT2D eigenvalue weighted by molar-refractivity contribution is 6.46. The third kappa shape index (κ3) is 3.91. The van der Waals surface area contributed by atoms with E-state index in [1.54, 1.807) is 0 Å². The Morgan fingerprint density at radius 2 is 1.42 bits per heavy atom. The van der Waals surface area contributed by atoms with Crippen molar-refractivity contribution in [2.24, 2.45) is 0 Å². The van der Waals surface area contributed by atoms with Gasteiger partial charge in [-0.25, -0.2) is 4.90 Å². The van der Waals surface area contributed by atoms with Gasteiger partial charge in [-0.15, -0.1) is 0 Å². The van der Waals surface area contributed by atoms with Crippen molar-refractivity contribution >= 4 is 34.4 Å². The lowest BCUT2D eigenvalue weighted by Crippen LogP contribution is -2.32. The molecule has 2 heterocycles. The number of hydrogen-bond donors (Lipinski definition) is 1. The largest absolute Gasteiger partial charge is 0.372 e. The van der Waals surface area contributed by atoms with Crippen molar-refractivity contribution in [1.82, 2.24) is 0 Å². The first-order valence-corrected chi connectivity index (χ1v) is 11.4. The van der Waals surface area contributed by atoms with Crippen molar-refractivity contribution in [1.29, 1.82) is 0 Å². The van der Waals surface area contributed by atoms with Crippen LogP contribution in [0.4, 0.5) is 17.1 Å². The molecule has 2 amide bonds. The average molecular weight is 438 g/mol. The summed E-state index contributed by atoms with van der Waals surface area (Å²) < 4.78 is 0. The first-order valence-electron chi connectivity index (χ1n) is 11.4. The molecule has 166 valence electrons. The summed E-state index contributed by atoms with van der Waals surface area (Å²) in [5.74, 6) is -0.651. The molecule has 3 aromatic carbocycles. The molecule has 2 aliphatic heterocycles. The molecule has 5 heteroatoms. The summed E-state index contributed by atoms with van der Waals surface area (Å²) >= 11 is 0. The number of hydrogen-bond acceptors (Lipinski definition) is 4. The number of aryl methyl sites for hydroxylation is 2. The highest BCUT2D eigenvalue weighted by Crippen LogP contribution is 2.35. The fraction of sp³-hybridized carbons (Fsp3) is 0.214. The van der Waals surface area contributed by atoms with Crippen molar-refractivity contribution in [2.75, 3.05) is 28.2 Å². The number of amides is 2. The van der Waals surface area contributed by atoms with Gasteiger partial charge in [0, 0.05) is 24.5 Å². The summed E-state index contributed by atoms with van der Waals surface area (Å²) in [7, 11) is 0. The minimum atomic E-state index is -0.339. The Morgan fingerprint density at radius 3 is 2.12 bits per heavy atom. The van der Waals surface area contributed by atoms with E-state index >= 15 is 0 Å². The summed E-state index contributed by atoms with van der Waals surface area (Å²) in [6.45, 7) is 6.09. The Kier molecular flexibility index (Phi) is 5.47. The number of carbonyl (C=O) groups excluding carboxylic acids is 2. The van der Waals surface area contributed by atoms with Gasteiger partial charge in [-0.1, -0.05) is 42.5 Å². The molecule has 1 N–H and O–H groups in total. The molecule has 0 unspecified atom stereocenters. The Balaban J connectivity index is 1.53. The molecule has 2 aliphatic rings. The van der Waals surface area contributed by atoms with Crippen molar-refractivity contribution in [3.8, 4) is 0 Å². The minimum absolute atomic E-state index is 0.309. The van der Waals surface area contributed by atoms with Gasteiger partial charge in [-0.2, -0.15) is 0 Å². The summed E-state index contributed by atoms with van der Waals surface area (Å²) in [5.41, 5.74) is 6.05. The summed E-state index contributed by atoms with van der Waals surface area (Å²) in [5, 5.41) is 3.29. The molecule has 0 aromatic heterocycles. The molecule has 0 atom stereocenters. The van der Waals surface area contributed by atoms with Gasteiger partial charge in [0.1, 0.15) is 5.70 Å². The van der Waals surface area contributed by atoms with Crippen LogP contribution in [0.25, 0.3) is 5.57 Å². The summed E-state index contributed by atoms with van der Waals surface area (Å²) in [4.78, 5) is 30.8. The number of rotatable bonds is 5. The molecule has 0 spiro atoms. The van der Waals surface area contributed by atoms with Crippen LogP contribution in [0, 0.1) is 13.8 Å². The number of carbonyl (C=O) groups is 2. The number of nitrogens with one attached hydrogen (secondary N) is 1. The lowest BCUT2D eigenvalue weighted by atomic mass is 10.0. The van der Waals surface area contributed by atoms with Crippen LogP contribution in [0.2, 0.25) is 0 Å². The maximum absolute atomic E-state index is 13.6. The second-order valence-corrected chi connectivity index (χ2v) is 8.72. The van der Waals surface area contributed by atoms with E-state index in [0.29, 0.717) is 17.0 Å². The van der Waals surface area contributed by atoms with Gasteiger partial charge in [0.15, 0.2) is 0 Å². The van der Waals surface area contributed by atoms with E-state index in [1.807, 2.05) is 86.6 Å². The van der Waals surface area contributed by atoms with E-state index in [1.165, 1.54) is 17.7 Å². The SMILES string of the molecule is Cc1ccc(C)c(NC2=C(c3ccccc3)C(=O)N(c3ccc(N4CCCC4)cc3)C2=O)c1. The molecule has 5 rings (SSSR count). The molecule has 5 nitrogen and oxygen atoms in total. The van der Waals surface area contributed by atoms with E-state index < -0.39 is 0 Å². The van der Waals surface area contributed by atoms with Crippen LogP contribution >= 0.6 is 0 Å². The topological polar surface area (TPSA) is 52.7 Å². The first kappa shape index (κ1) is 21.0. The monoisotopic (exact) mass is 437 g/mol. The van der Waals surface area contributed by atoms with Gasteiger partial charge < -0.3 is 10.2 Å². The summed E-state index contributed by atoms with van der Waals surface area (Å²) in [6, 6.07) is 23.2. The van der Waals surface area contributed by atoms with E-state index in [0.717, 1.165) is 41.2 Å². The van der Waals surface area contributed by atoms with Gasteiger partial charge in [0.2, 0.25) is 0 Å². The highest BCUT2D eigenvalue weighted by Gasteiger charge is 2.40. The summed E-state index contributed by atoms with van der Waals surface area (Å²) in [6.07, 6.45) is 2.39. The molecular weight excluding hydrogens is 410 g/mol. The average Bonchev–Trinajstić information content (AvgIpc) is 3.44. The van der Waals surface area contributed by atoms with Gasteiger partial charge in [-0.05, 0) is 73.7 Å². The quantitative estimate of drug-likeness (QED) is 0.551. The maximum Gasteiger partial charge on any atom is 0.282 e. The van der Waals surface area contributed by atoms with Crippen LogP contribution < -0.4 is 15.1 Å². The van der Waals surface area contributed by atoms with Crippen molar-refractivity contribution in [3.05, 3.63) is 95.2 Å². The second-order valence-electron chi connectivity index (χ2n) is 8.72. The standard InChI is InChI=1S/C28H27N3O2/c1-19-10-11-20(2)24(18-19)29-26-25(21-8-4-3-5-9-21)27(32)31(28(26)33)23-14-12-22(13-15-23)30-16-6-7-17-30/h3-5,8-15,18,29H,6-7,16-17H2,1-2H3. The third-order valence-corrected chi connectivity index (χ3v) is 6.38. The molecule has 0 radical (unpaired) electrons. The van der Waals surface area contributed by atoms with Gasteiger partial charge in [0.05, 0.1) is 11.3 Å². The highest BCUT2D eigenvalue weighted by atomic mass is 16.2. The van der Waals surface area contributed by atoms with Crippen LogP contribution in [-0.2, 0) is 9.59 Å². The van der Waals surface area contributed by atoms with Crippen molar-refractivity contribution in [3.63, 3.8) is 0 Å². The van der Waals surface area contributed by atoms with Gasteiger partial charge in [0.25, 0.3) is 11.8 Å². The Bertz CT molecular complexity index is 1240. The predicted molar refractivity (Wildman–Crippen MR) is 133 cm³/mol. The lowest BCUT2D eigenvalue weighted by Gasteiger charge is -2.20. The maximum atomic E-state index is 13.6. The van der Waals surface area contributed by atoms with Gasteiger partial charge >= 0.3 is 0 Å². The van der Waals surface area contributed by atoms with E-state index in [2.05, 4.69) is 10.2 Å². The van der Waals surface area contributed by atoms with Crippen LogP contribution in [-0.4, -0.2) is 24.9 Å². The molecule has 1 fully saturated rings. The van der Waals surface area contributed by atoms with E-state index in [-0.39, 0.29) is 11.8 Å². The molecule has 0 bridgehead atoms. The molecule has 0 saturated carbocycles. The zero-order valence-corrected chi connectivity index (χ0v) is 19.0. The van der Waals surface area contributed by atoms with Crippen LogP contribution in [0.5, 0.6) is 0 Å². The number of benzene rings is 3. The van der Waals surface area contributed by atoms with Crippen LogP contribution in [0.15, 0.2) is 78.5 Å². The van der Waals surface area contributed by atoms with Crippen molar-refractivity contribution in [2.45, 2.75) is 26.7 Å². The first-order chi connectivity index (χ1) is 16.0. The van der Waals surface area contributed by atoms with Crippen LogP contribution in [0.3, 0.4) is 0 Å².